The summed E-state index contributed by atoms with van der Waals surface area (Å²) in [6, 6.07) is 31.4. The summed E-state index contributed by atoms with van der Waals surface area (Å²) < 4.78 is 6.97. The molecule has 0 spiro atoms. The Morgan fingerprint density at radius 3 is 2.51 bits per heavy atom. The van der Waals surface area contributed by atoms with Crippen molar-refractivity contribution in [3.63, 3.8) is 0 Å². The van der Waals surface area contributed by atoms with Crippen LogP contribution < -0.4 is 9.64 Å². The van der Waals surface area contributed by atoms with Gasteiger partial charge < -0.3 is 9.84 Å². The molecule has 202 valence electrons. The third-order valence-electron chi connectivity index (χ3n) is 6.86. The molecule has 1 aliphatic rings. The number of aliphatic hydroxyl groups is 1. The Morgan fingerprint density at radius 2 is 1.73 bits per heavy atom. The van der Waals surface area contributed by atoms with Crippen molar-refractivity contribution in [2.75, 3.05) is 4.90 Å². The van der Waals surface area contributed by atoms with E-state index in [0.717, 1.165) is 26.9 Å². The molecule has 4 aromatic carbocycles. The lowest BCUT2D eigenvalue weighted by Crippen LogP contribution is -2.30. The maximum Gasteiger partial charge on any atom is 0.296 e. The smallest absolute Gasteiger partial charge is 0.296 e. The second-order valence-corrected chi connectivity index (χ2v) is 10.8. The molecule has 0 saturated heterocycles. The first-order valence-corrected chi connectivity index (χ1v) is 14.0. The van der Waals surface area contributed by atoms with Gasteiger partial charge in [-0.05, 0) is 59.5 Å². The minimum absolute atomic E-state index is 0.00201. The number of allylic oxidation sites excluding steroid dienone is 1. The zero-order chi connectivity index (χ0) is 28.3. The predicted molar refractivity (Wildman–Crippen MR) is 162 cm³/mol. The van der Waals surface area contributed by atoms with Crippen LogP contribution in [0.4, 0.5) is 5.13 Å². The van der Waals surface area contributed by atoms with Crippen LogP contribution in [0.25, 0.3) is 16.3 Å². The molecule has 0 saturated carbocycles. The summed E-state index contributed by atoms with van der Waals surface area (Å²) >= 11 is 1.34. The quantitative estimate of drug-likeness (QED) is 0.201. The summed E-state index contributed by atoms with van der Waals surface area (Å²) in [6.45, 7) is 2.36. The summed E-state index contributed by atoms with van der Waals surface area (Å²) in [6.07, 6.45) is 3.06. The van der Waals surface area contributed by atoms with E-state index in [0.29, 0.717) is 23.1 Å². The van der Waals surface area contributed by atoms with E-state index in [2.05, 4.69) is 0 Å². The summed E-state index contributed by atoms with van der Waals surface area (Å²) in [5.74, 6) is -1.13. The Bertz CT molecular complexity index is 1810. The van der Waals surface area contributed by atoms with Crippen LogP contribution in [0.5, 0.6) is 5.75 Å². The number of carbonyl (C=O) groups is 2. The first-order chi connectivity index (χ1) is 20.0. The number of thiazole rings is 1. The number of ether oxygens (including phenoxy) is 1. The van der Waals surface area contributed by atoms with E-state index in [-0.39, 0.29) is 5.57 Å². The first kappa shape index (κ1) is 26.2. The molecular formula is C34H26N2O4S. The van der Waals surface area contributed by atoms with Gasteiger partial charge in [-0.15, -0.1) is 0 Å². The van der Waals surface area contributed by atoms with Crippen molar-refractivity contribution in [1.82, 2.24) is 4.98 Å². The molecule has 1 aliphatic heterocycles. The number of rotatable bonds is 8. The van der Waals surface area contributed by atoms with Gasteiger partial charge >= 0.3 is 0 Å². The molecule has 6 nitrogen and oxygen atoms in total. The molecule has 1 atom stereocenters. The fraction of sp³-hybridized carbons (Fsp3) is 0.0882. The minimum atomic E-state index is -0.891. The van der Waals surface area contributed by atoms with Crippen LogP contribution in [0.2, 0.25) is 0 Å². The van der Waals surface area contributed by atoms with Gasteiger partial charge in [-0.2, -0.15) is 0 Å². The molecule has 0 bridgehead atoms. The molecule has 0 fully saturated rings. The lowest BCUT2D eigenvalue weighted by molar-refractivity contribution is -0.117. The average Bonchev–Trinajstić information content (AvgIpc) is 3.53. The number of carbonyl (C=O) groups excluding carboxylic acids is 2. The molecule has 41 heavy (non-hydrogen) atoms. The largest absolute Gasteiger partial charge is 0.503 e. The van der Waals surface area contributed by atoms with E-state index in [9.17, 15) is 14.7 Å². The van der Waals surface area contributed by atoms with Gasteiger partial charge in [0.05, 0.1) is 21.8 Å². The molecule has 1 unspecified atom stereocenters. The molecule has 1 aromatic heterocycles. The maximum absolute atomic E-state index is 13.6. The SMILES string of the molecule is Cc1ccc2nc(N3C(=O)C(O)=C(C(=O)C=Cc4ccccc4)C3c3cccc(OCc4ccccc4)c3)sc2c1. The van der Waals surface area contributed by atoms with Gasteiger partial charge in [0, 0.05) is 0 Å². The van der Waals surface area contributed by atoms with E-state index in [4.69, 9.17) is 9.72 Å². The van der Waals surface area contributed by atoms with Gasteiger partial charge in [-0.25, -0.2) is 4.98 Å². The van der Waals surface area contributed by atoms with Crippen molar-refractivity contribution >= 4 is 44.5 Å². The number of ketones is 1. The summed E-state index contributed by atoms with van der Waals surface area (Å²) in [7, 11) is 0. The zero-order valence-electron chi connectivity index (χ0n) is 22.2. The van der Waals surface area contributed by atoms with Crippen molar-refractivity contribution in [2.24, 2.45) is 0 Å². The van der Waals surface area contributed by atoms with Crippen LogP contribution in [-0.2, 0) is 16.2 Å². The van der Waals surface area contributed by atoms with E-state index in [1.807, 2.05) is 104 Å². The van der Waals surface area contributed by atoms with E-state index >= 15 is 0 Å². The van der Waals surface area contributed by atoms with Crippen LogP contribution >= 0.6 is 11.3 Å². The standard InChI is InChI=1S/C34H26N2O4S/c1-22-15-17-27-29(19-22)41-34(35-27)36-31(25-13-8-14-26(20-25)40-21-24-11-6-3-7-12-24)30(32(38)33(36)39)28(37)18-16-23-9-4-2-5-10-23/h2-20,31,38H,21H2,1H3. The van der Waals surface area contributed by atoms with E-state index < -0.39 is 23.5 Å². The molecule has 7 heteroatoms. The van der Waals surface area contributed by atoms with Crippen molar-refractivity contribution in [3.8, 4) is 5.75 Å². The minimum Gasteiger partial charge on any atom is -0.503 e. The Hall–Kier alpha value is -5.01. The van der Waals surface area contributed by atoms with Gasteiger partial charge in [0.25, 0.3) is 5.91 Å². The third-order valence-corrected chi connectivity index (χ3v) is 7.88. The van der Waals surface area contributed by atoms with Crippen LogP contribution in [0, 0.1) is 6.92 Å². The molecule has 1 amide bonds. The number of amides is 1. The lowest BCUT2D eigenvalue weighted by Gasteiger charge is -2.24. The van der Waals surface area contributed by atoms with Gasteiger partial charge in [0.15, 0.2) is 16.7 Å². The number of aliphatic hydroxyl groups excluding tert-OH is 1. The Kier molecular flexibility index (Phi) is 7.18. The number of fused-ring (bicyclic) bond motifs is 1. The van der Waals surface area contributed by atoms with Gasteiger partial charge in [-0.3, -0.25) is 14.5 Å². The number of aromatic nitrogens is 1. The molecule has 2 heterocycles. The Labute approximate surface area is 241 Å². The van der Waals surface area contributed by atoms with Gasteiger partial charge in [0.2, 0.25) is 0 Å². The number of benzene rings is 4. The number of hydrogen-bond donors (Lipinski definition) is 1. The first-order valence-electron chi connectivity index (χ1n) is 13.2. The third kappa shape index (κ3) is 5.40. The highest BCUT2D eigenvalue weighted by Gasteiger charge is 2.45. The normalized spacial score (nSPS) is 15.3. The van der Waals surface area contributed by atoms with E-state index in [1.54, 1.807) is 12.1 Å². The summed E-state index contributed by atoms with van der Waals surface area (Å²) in [4.78, 5) is 33.3. The molecular weight excluding hydrogens is 532 g/mol. The van der Waals surface area contributed by atoms with Gasteiger partial charge in [-0.1, -0.05) is 96.3 Å². The lowest BCUT2D eigenvalue weighted by atomic mass is 9.95. The second-order valence-electron chi connectivity index (χ2n) is 9.76. The number of hydrogen-bond acceptors (Lipinski definition) is 6. The number of aryl methyl sites for hydroxylation is 1. The number of anilines is 1. The van der Waals surface area contributed by atoms with Crippen molar-refractivity contribution in [2.45, 2.75) is 19.6 Å². The second kappa shape index (κ2) is 11.2. The monoisotopic (exact) mass is 558 g/mol. The van der Waals surface area contributed by atoms with Crippen LogP contribution in [-0.4, -0.2) is 21.8 Å². The Balaban J connectivity index is 1.40. The Morgan fingerprint density at radius 1 is 0.976 bits per heavy atom. The summed E-state index contributed by atoms with van der Waals surface area (Å²) in [5.41, 5.74) is 4.28. The van der Waals surface area contributed by atoms with Crippen LogP contribution in [0.1, 0.15) is 28.3 Å². The van der Waals surface area contributed by atoms with Crippen LogP contribution in [0.15, 0.2) is 121 Å². The highest BCUT2D eigenvalue weighted by atomic mass is 32.1. The molecule has 0 aliphatic carbocycles. The van der Waals surface area contributed by atoms with Crippen molar-refractivity contribution in [1.29, 1.82) is 0 Å². The average molecular weight is 559 g/mol. The topological polar surface area (TPSA) is 79.7 Å². The zero-order valence-corrected chi connectivity index (χ0v) is 23.0. The maximum atomic E-state index is 13.6. The highest BCUT2D eigenvalue weighted by molar-refractivity contribution is 7.22. The van der Waals surface area contributed by atoms with Crippen molar-refractivity contribution in [3.05, 3.63) is 143 Å². The van der Waals surface area contributed by atoms with Crippen LogP contribution in [0.3, 0.4) is 0 Å². The fourth-order valence-corrected chi connectivity index (χ4v) is 5.92. The fourth-order valence-electron chi connectivity index (χ4n) is 4.83. The molecule has 0 radical (unpaired) electrons. The van der Waals surface area contributed by atoms with Gasteiger partial charge in [0.1, 0.15) is 12.4 Å². The molecule has 1 N–H and O–H groups in total. The predicted octanol–water partition coefficient (Wildman–Crippen LogP) is 7.37. The molecule has 6 rings (SSSR count). The summed E-state index contributed by atoms with van der Waals surface area (Å²) in [5, 5.41) is 11.5. The number of nitrogens with zero attached hydrogens (tertiary/aromatic N) is 2. The molecule has 5 aromatic rings. The van der Waals surface area contributed by atoms with E-state index in [1.165, 1.54) is 22.3 Å². The van der Waals surface area contributed by atoms with Crippen molar-refractivity contribution < 1.29 is 19.4 Å². The highest BCUT2D eigenvalue weighted by Crippen LogP contribution is 2.44.